The van der Waals surface area contributed by atoms with Gasteiger partial charge in [-0.05, 0) is 73.7 Å². The number of nitrogens with one attached hydrogen (secondary N) is 1. The smallest absolute Gasteiger partial charge is 0.142 e. The number of unbranched alkanes of at least 4 members (excludes halogenated alkanes) is 1. The molecule has 248 valence electrons. The Morgan fingerprint density at radius 3 is 2.47 bits per heavy atom. The van der Waals surface area contributed by atoms with Gasteiger partial charge in [0, 0.05) is 42.4 Å². The van der Waals surface area contributed by atoms with Crippen LogP contribution in [0, 0.1) is 5.41 Å². The molecule has 0 amide bonds. The topological polar surface area (TPSA) is 134 Å². The molecule has 1 fully saturated rings. The highest BCUT2D eigenvalue weighted by atomic mass is 35.5. The Kier molecular flexibility index (Phi) is 12.3. The van der Waals surface area contributed by atoms with Crippen molar-refractivity contribution in [2.75, 3.05) is 32.8 Å². The van der Waals surface area contributed by atoms with Crippen molar-refractivity contribution in [3.63, 3.8) is 0 Å². The Labute approximate surface area is 285 Å². The molecule has 0 spiro atoms. The fourth-order valence-corrected chi connectivity index (χ4v) is 6.03. The maximum atomic E-state index is 9.69. The number of hydrogen-bond acceptors (Lipinski definition) is 9. The summed E-state index contributed by atoms with van der Waals surface area (Å²) in [6, 6.07) is 17.2. The number of allylic oxidation sites excluding steroid dienone is 2. The largest absolute Gasteiger partial charge is 0.494 e. The van der Waals surface area contributed by atoms with Crippen LogP contribution in [-0.4, -0.2) is 65.6 Å². The molecule has 0 aromatic heterocycles. The van der Waals surface area contributed by atoms with Gasteiger partial charge in [-0.15, -0.1) is 0 Å². The molecule has 1 aliphatic heterocycles. The van der Waals surface area contributed by atoms with Crippen molar-refractivity contribution in [2.45, 2.75) is 44.9 Å². The Bertz CT molecular complexity index is 1650. The van der Waals surface area contributed by atoms with Crippen LogP contribution in [-0.2, 0) is 13.2 Å². The Morgan fingerprint density at radius 2 is 1.70 bits per heavy atom. The Hall–Kier alpha value is -3.86. The predicted molar refractivity (Wildman–Crippen MR) is 187 cm³/mol. The van der Waals surface area contributed by atoms with Crippen LogP contribution in [0.2, 0.25) is 10.0 Å². The summed E-state index contributed by atoms with van der Waals surface area (Å²) in [7, 11) is 0. The van der Waals surface area contributed by atoms with Crippen molar-refractivity contribution in [1.29, 1.82) is 5.41 Å². The van der Waals surface area contributed by atoms with Gasteiger partial charge < -0.3 is 35.2 Å². The number of aliphatic hydroxyl groups excluding tert-OH is 1. The van der Waals surface area contributed by atoms with Gasteiger partial charge in [-0.25, -0.2) is 0 Å². The molecule has 5 rings (SSSR count). The van der Waals surface area contributed by atoms with E-state index in [1.165, 1.54) is 0 Å². The minimum Gasteiger partial charge on any atom is -0.494 e. The molecule has 11 heteroatoms. The molecular formula is C36H40Cl2N4O5. The minimum atomic E-state index is -0.143. The first kappa shape index (κ1) is 34.5. The first-order valence-corrected chi connectivity index (χ1v) is 16.5. The molecule has 0 radical (unpaired) electrons. The van der Waals surface area contributed by atoms with Gasteiger partial charge in [0.05, 0.1) is 28.5 Å². The zero-order chi connectivity index (χ0) is 33.2. The average Bonchev–Trinajstić information content (AvgIpc) is 3.08. The molecule has 0 bridgehead atoms. The van der Waals surface area contributed by atoms with Crippen LogP contribution in [0.25, 0.3) is 11.1 Å². The van der Waals surface area contributed by atoms with E-state index < -0.39 is 0 Å². The molecule has 0 saturated carbocycles. The second-order valence-electron chi connectivity index (χ2n) is 11.6. The standard InChI is InChI=1S/C36H40Cl2N4O5/c37-31-19-27(21-39)34(46-22-24-9-10-33(41-44)32(40)17-24)20-35(31)47-23-26-6-4-8-30(36(26)38)25-5-3-7-29(18-25)45-16-2-1-13-42-14-11-28(43)12-15-42/h3-10,17-20,28,40,43-44H,1-2,11-16,21-23,39H2/b40-32?,41-33-. The fraction of sp³-hybridized carbons (Fsp3) is 0.333. The number of oxime groups is 1. The van der Waals surface area contributed by atoms with E-state index in [-0.39, 0.29) is 37.3 Å². The summed E-state index contributed by atoms with van der Waals surface area (Å²) >= 11 is 13.5. The van der Waals surface area contributed by atoms with Crippen LogP contribution in [0.5, 0.6) is 17.2 Å². The first-order chi connectivity index (χ1) is 22.8. The van der Waals surface area contributed by atoms with Crippen LogP contribution in [0.4, 0.5) is 0 Å². The van der Waals surface area contributed by atoms with Gasteiger partial charge in [0.1, 0.15) is 36.2 Å². The third-order valence-corrected chi connectivity index (χ3v) is 8.94. The van der Waals surface area contributed by atoms with E-state index in [0.717, 1.165) is 73.3 Å². The summed E-state index contributed by atoms with van der Waals surface area (Å²) in [4.78, 5) is 2.41. The third kappa shape index (κ3) is 9.37. The summed E-state index contributed by atoms with van der Waals surface area (Å²) in [5.41, 5.74) is 10.3. The van der Waals surface area contributed by atoms with E-state index in [0.29, 0.717) is 33.7 Å². The van der Waals surface area contributed by atoms with E-state index >= 15 is 0 Å². The third-order valence-electron chi connectivity index (χ3n) is 8.20. The van der Waals surface area contributed by atoms with Crippen LogP contribution in [0.1, 0.15) is 36.8 Å². The molecule has 0 unspecified atom stereocenters. The van der Waals surface area contributed by atoms with Gasteiger partial charge in [-0.1, -0.05) is 64.8 Å². The maximum Gasteiger partial charge on any atom is 0.142 e. The summed E-state index contributed by atoms with van der Waals surface area (Å²) in [5, 5.41) is 30.7. The molecule has 9 nitrogen and oxygen atoms in total. The van der Waals surface area contributed by atoms with Crippen molar-refractivity contribution in [3.05, 3.63) is 99.6 Å². The number of hydrogen-bond donors (Lipinski definition) is 4. The van der Waals surface area contributed by atoms with Gasteiger partial charge in [0.2, 0.25) is 0 Å². The van der Waals surface area contributed by atoms with Crippen LogP contribution in [0.15, 0.2) is 83.6 Å². The number of benzene rings is 3. The summed E-state index contributed by atoms with van der Waals surface area (Å²) in [5.74, 6) is 1.72. The zero-order valence-electron chi connectivity index (χ0n) is 26.1. The van der Waals surface area contributed by atoms with Crippen molar-refractivity contribution in [2.24, 2.45) is 10.9 Å². The molecule has 3 aromatic rings. The van der Waals surface area contributed by atoms with Gasteiger partial charge in [0.15, 0.2) is 0 Å². The number of aliphatic hydroxyl groups is 1. The predicted octanol–water partition coefficient (Wildman–Crippen LogP) is 7.04. The summed E-state index contributed by atoms with van der Waals surface area (Å²) < 4.78 is 18.2. The molecule has 1 heterocycles. The summed E-state index contributed by atoms with van der Waals surface area (Å²) in [6.45, 7) is 4.15. The lowest BCUT2D eigenvalue weighted by atomic mass is 10.0. The van der Waals surface area contributed by atoms with Gasteiger partial charge in [-0.2, -0.15) is 0 Å². The highest BCUT2D eigenvalue weighted by Crippen LogP contribution is 2.36. The number of piperidine rings is 1. The molecule has 2 aliphatic rings. The SMILES string of the molecule is N=C1C=C(COc2cc(OCc3cccc(-c4cccc(OCCCCN5CCC(O)CC5)c4)c3Cl)c(Cl)cc2CN)C=C/C1=N/O. The Balaban J connectivity index is 1.19. The molecule has 5 N–H and O–H groups in total. The summed E-state index contributed by atoms with van der Waals surface area (Å²) in [6.07, 6.45) is 8.45. The highest BCUT2D eigenvalue weighted by molar-refractivity contribution is 6.50. The minimum absolute atomic E-state index is 0.0908. The lowest BCUT2D eigenvalue weighted by Crippen LogP contribution is -2.36. The zero-order valence-corrected chi connectivity index (χ0v) is 27.6. The fourth-order valence-electron chi connectivity index (χ4n) is 5.50. The molecular weight excluding hydrogens is 639 g/mol. The van der Waals surface area contributed by atoms with E-state index in [2.05, 4.69) is 10.1 Å². The van der Waals surface area contributed by atoms with Crippen LogP contribution in [0.3, 0.4) is 0 Å². The average molecular weight is 680 g/mol. The number of halogens is 2. The second-order valence-corrected chi connectivity index (χ2v) is 12.3. The number of ether oxygens (including phenoxy) is 3. The van der Waals surface area contributed by atoms with E-state index in [9.17, 15) is 5.11 Å². The van der Waals surface area contributed by atoms with Gasteiger partial charge in [-0.3, -0.25) is 5.41 Å². The number of likely N-dealkylation sites (tertiary alicyclic amines) is 1. The van der Waals surface area contributed by atoms with Crippen molar-refractivity contribution < 1.29 is 24.5 Å². The maximum absolute atomic E-state index is 9.69. The second kappa shape index (κ2) is 16.8. The normalized spacial score (nSPS) is 16.4. The molecule has 47 heavy (non-hydrogen) atoms. The van der Waals surface area contributed by atoms with E-state index in [1.54, 1.807) is 30.4 Å². The number of nitrogens with zero attached hydrogens (tertiary/aromatic N) is 2. The number of rotatable bonds is 14. The van der Waals surface area contributed by atoms with Crippen molar-refractivity contribution >= 4 is 34.6 Å². The Morgan fingerprint density at radius 1 is 0.915 bits per heavy atom. The number of nitrogens with two attached hydrogens (primary N) is 1. The molecule has 1 aliphatic carbocycles. The van der Waals surface area contributed by atoms with Crippen LogP contribution < -0.4 is 19.9 Å². The van der Waals surface area contributed by atoms with Crippen LogP contribution >= 0.6 is 23.2 Å². The van der Waals surface area contributed by atoms with E-state index in [4.69, 9.17) is 53.8 Å². The highest BCUT2D eigenvalue weighted by Gasteiger charge is 2.17. The molecule has 3 aromatic carbocycles. The van der Waals surface area contributed by atoms with Crippen molar-refractivity contribution in [3.8, 4) is 28.4 Å². The first-order valence-electron chi connectivity index (χ1n) is 15.7. The van der Waals surface area contributed by atoms with E-state index in [1.807, 2.05) is 42.5 Å². The van der Waals surface area contributed by atoms with Gasteiger partial charge >= 0.3 is 0 Å². The lowest BCUT2D eigenvalue weighted by Gasteiger charge is -2.29. The molecule has 1 saturated heterocycles. The van der Waals surface area contributed by atoms with Gasteiger partial charge in [0.25, 0.3) is 0 Å². The lowest BCUT2D eigenvalue weighted by molar-refractivity contribution is 0.0812. The molecule has 0 atom stereocenters. The monoisotopic (exact) mass is 678 g/mol. The quantitative estimate of drug-likeness (QED) is 0.0622. The van der Waals surface area contributed by atoms with Crippen molar-refractivity contribution in [1.82, 2.24) is 4.90 Å².